The summed E-state index contributed by atoms with van der Waals surface area (Å²) < 4.78 is 3.81. The molecule has 0 atom stereocenters. The molecule has 0 aliphatic heterocycles. The first-order chi connectivity index (χ1) is 3.84. The van der Waals surface area contributed by atoms with E-state index < -0.39 is 0 Å². The fourth-order valence-corrected chi connectivity index (χ4v) is 1.04. The van der Waals surface area contributed by atoms with Crippen molar-refractivity contribution in [3.8, 4) is 0 Å². The molecule has 1 aromatic rings. The van der Waals surface area contributed by atoms with Crippen molar-refractivity contribution in [3.05, 3.63) is 16.6 Å². The van der Waals surface area contributed by atoms with Gasteiger partial charge in [0.05, 0.1) is 0 Å². The molecule has 0 aliphatic carbocycles. The second-order valence-corrected chi connectivity index (χ2v) is 2.13. The van der Waals surface area contributed by atoms with Crippen LogP contribution in [0, 0.1) is 6.92 Å². The highest BCUT2D eigenvalue weighted by molar-refractivity contribution is 7.03. The lowest BCUT2D eigenvalue weighted by Gasteiger charge is -1.76. The smallest absolute Gasteiger partial charge is 0.169 e. The summed E-state index contributed by atoms with van der Waals surface area (Å²) in [5.74, 6) is 0. The standard InChI is InChI=1S/C5H5NOS/c1-4-3-8-6-5(4)2-7/h2-3H,1H3. The highest BCUT2D eigenvalue weighted by Crippen LogP contribution is 2.04. The molecule has 0 fully saturated rings. The Morgan fingerprint density at radius 3 is 2.88 bits per heavy atom. The average molecular weight is 127 g/mol. The summed E-state index contributed by atoms with van der Waals surface area (Å²) >= 11 is 1.31. The minimum absolute atomic E-state index is 0.565. The van der Waals surface area contributed by atoms with E-state index in [1.807, 2.05) is 12.3 Å². The lowest BCUT2D eigenvalue weighted by Crippen LogP contribution is -1.78. The summed E-state index contributed by atoms with van der Waals surface area (Å²) in [6.45, 7) is 1.87. The van der Waals surface area contributed by atoms with Crippen molar-refractivity contribution in [2.24, 2.45) is 0 Å². The van der Waals surface area contributed by atoms with E-state index in [1.54, 1.807) is 0 Å². The predicted octanol–water partition coefficient (Wildman–Crippen LogP) is 1.26. The number of nitrogens with zero attached hydrogens (tertiary/aromatic N) is 1. The zero-order chi connectivity index (χ0) is 5.98. The number of hydrogen-bond acceptors (Lipinski definition) is 3. The van der Waals surface area contributed by atoms with Crippen LogP contribution in [0.1, 0.15) is 16.1 Å². The largest absolute Gasteiger partial charge is 0.296 e. The van der Waals surface area contributed by atoms with Crippen molar-refractivity contribution in [2.45, 2.75) is 6.92 Å². The van der Waals surface area contributed by atoms with Gasteiger partial charge in [0.25, 0.3) is 0 Å². The maximum absolute atomic E-state index is 10.0. The predicted molar refractivity (Wildman–Crippen MR) is 32.2 cm³/mol. The number of rotatable bonds is 1. The van der Waals surface area contributed by atoms with Gasteiger partial charge >= 0.3 is 0 Å². The van der Waals surface area contributed by atoms with Crippen LogP contribution < -0.4 is 0 Å². The van der Waals surface area contributed by atoms with E-state index in [0.29, 0.717) is 5.69 Å². The number of aldehydes is 1. The van der Waals surface area contributed by atoms with Crippen LogP contribution in [-0.2, 0) is 0 Å². The summed E-state index contributed by atoms with van der Waals surface area (Å²) in [5.41, 5.74) is 1.53. The van der Waals surface area contributed by atoms with Crippen LogP contribution in [0.3, 0.4) is 0 Å². The Morgan fingerprint density at radius 1 is 1.88 bits per heavy atom. The van der Waals surface area contributed by atoms with Crippen LogP contribution in [0.5, 0.6) is 0 Å². The summed E-state index contributed by atoms with van der Waals surface area (Å²) in [6, 6.07) is 0. The number of hydrogen-bond donors (Lipinski definition) is 0. The molecule has 0 radical (unpaired) electrons. The lowest BCUT2D eigenvalue weighted by atomic mass is 10.3. The lowest BCUT2D eigenvalue weighted by molar-refractivity contribution is 0.111. The van der Waals surface area contributed by atoms with Gasteiger partial charge in [0.2, 0.25) is 0 Å². The third-order valence-corrected chi connectivity index (χ3v) is 1.66. The molecule has 3 heteroatoms. The Labute approximate surface area is 51.3 Å². The topological polar surface area (TPSA) is 30.0 Å². The van der Waals surface area contributed by atoms with E-state index in [4.69, 9.17) is 0 Å². The zero-order valence-corrected chi connectivity index (χ0v) is 5.23. The average Bonchev–Trinajstić information content (AvgIpc) is 2.14. The van der Waals surface area contributed by atoms with Crippen molar-refractivity contribution >= 4 is 17.8 Å². The molecule has 2 nitrogen and oxygen atoms in total. The zero-order valence-electron chi connectivity index (χ0n) is 4.42. The molecule has 1 rings (SSSR count). The molecule has 0 saturated carbocycles. The van der Waals surface area contributed by atoms with Crippen molar-refractivity contribution in [3.63, 3.8) is 0 Å². The van der Waals surface area contributed by atoms with Crippen molar-refractivity contribution in [2.75, 3.05) is 0 Å². The molecular weight excluding hydrogens is 122 g/mol. The van der Waals surface area contributed by atoms with Gasteiger partial charge in [-0.1, -0.05) is 0 Å². The van der Waals surface area contributed by atoms with Gasteiger partial charge in [-0.25, -0.2) is 0 Å². The molecule has 0 saturated heterocycles. The second kappa shape index (κ2) is 2.05. The third kappa shape index (κ3) is 0.767. The Kier molecular flexibility index (Phi) is 1.39. The number of carbonyl (C=O) groups is 1. The minimum atomic E-state index is 0.565. The van der Waals surface area contributed by atoms with E-state index in [9.17, 15) is 4.79 Å². The van der Waals surface area contributed by atoms with Gasteiger partial charge in [0.1, 0.15) is 5.69 Å². The molecule has 0 amide bonds. The van der Waals surface area contributed by atoms with E-state index in [2.05, 4.69) is 4.37 Å². The van der Waals surface area contributed by atoms with Crippen LogP contribution in [0.4, 0.5) is 0 Å². The van der Waals surface area contributed by atoms with E-state index in [0.717, 1.165) is 11.8 Å². The second-order valence-electron chi connectivity index (χ2n) is 1.50. The highest BCUT2D eigenvalue weighted by Gasteiger charge is 1.95. The monoisotopic (exact) mass is 127 g/mol. The fraction of sp³-hybridized carbons (Fsp3) is 0.200. The third-order valence-electron chi connectivity index (χ3n) is 0.896. The SMILES string of the molecule is Cc1csnc1C=O. The maximum Gasteiger partial charge on any atom is 0.169 e. The van der Waals surface area contributed by atoms with Crippen LogP contribution in [-0.4, -0.2) is 10.7 Å². The molecule has 0 aliphatic rings. The fourth-order valence-electron chi connectivity index (χ4n) is 0.409. The molecule has 0 spiro atoms. The number of carbonyl (C=O) groups excluding carboxylic acids is 1. The van der Waals surface area contributed by atoms with E-state index in [-0.39, 0.29) is 0 Å². The quantitative estimate of drug-likeness (QED) is 0.531. The maximum atomic E-state index is 10.0. The van der Waals surface area contributed by atoms with Gasteiger partial charge in [-0.05, 0) is 24.0 Å². The molecule has 0 N–H and O–H groups in total. The number of aryl methyl sites for hydroxylation is 1. The van der Waals surface area contributed by atoms with Gasteiger partial charge in [0.15, 0.2) is 6.29 Å². The molecule has 1 heterocycles. The van der Waals surface area contributed by atoms with Gasteiger partial charge in [0, 0.05) is 5.38 Å². The summed E-state index contributed by atoms with van der Waals surface area (Å²) in [7, 11) is 0. The van der Waals surface area contributed by atoms with Crippen molar-refractivity contribution in [1.29, 1.82) is 0 Å². The molecule has 8 heavy (non-hydrogen) atoms. The van der Waals surface area contributed by atoms with Crippen molar-refractivity contribution < 1.29 is 4.79 Å². The van der Waals surface area contributed by atoms with Gasteiger partial charge in [-0.2, -0.15) is 4.37 Å². The Morgan fingerprint density at radius 2 is 2.62 bits per heavy atom. The van der Waals surface area contributed by atoms with Crippen LogP contribution in [0.25, 0.3) is 0 Å². The Balaban J connectivity index is 3.09. The molecule has 42 valence electrons. The first kappa shape index (κ1) is 5.44. The van der Waals surface area contributed by atoms with Gasteiger partial charge < -0.3 is 0 Å². The molecule has 0 bridgehead atoms. The molecule has 1 aromatic heterocycles. The molecular formula is C5H5NOS. The summed E-state index contributed by atoms with van der Waals surface area (Å²) in [5, 5.41) is 1.85. The Bertz CT molecular complexity index is 194. The molecule has 0 unspecified atom stereocenters. The van der Waals surface area contributed by atoms with Crippen LogP contribution in [0.2, 0.25) is 0 Å². The molecule has 0 aromatic carbocycles. The van der Waals surface area contributed by atoms with E-state index >= 15 is 0 Å². The van der Waals surface area contributed by atoms with Crippen LogP contribution >= 0.6 is 11.5 Å². The van der Waals surface area contributed by atoms with Gasteiger partial charge in [-0.15, -0.1) is 0 Å². The first-order valence-electron chi connectivity index (χ1n) is 2.20. The number of aromatic nitrogens is 1. The minimum Gasteiger partial charge on any atom is -0.296 e. The van der Waals surface area contributed by atoms with Crippen molar-refractivity contribution in [1.82, 2.24) is 4.37 Å². The van der Waals surface area contributed by atoms with E-state index in [1.165, 1.54) is 11.5 Å². The van der Waals surface area contributed by atoms with Gasteiger partial charge in [-0.3, -0.25) is 4.79 Å². The summed E-state index contributed by atoms with van der Waals surface area (Å²) in [6.07, 6.45) is 0.770. The Hall–Kier alpha value is -0.700. The van der Waals surface area contributed by atoms with Crippen LogP contribution in [0.15, 0.2) is 5.38 Å². The highest BCUT2D eigenvalue weighted by atomic mass is 32.1. The summed E-state index contributed by atoms with van der Waals surface area (Å²) in [4.78, 5) is 10.0. The first-order valence-corrected chi connectivity index (χ1v) is 3.04. The normalized spacial score (nSPS) is 9.12.